The fraction of sp³-hybridized carbons (Fsp3) is 0.250. The van der Waals surface area contributed by atoms with Crippen LogP contribution in [0.5, 0.6) is 0 Å². The number of benzene rings is 2. The van der Waals surface area contributed by atoms with Crippen molar-refractivity contribution in [3.05, 3.63) is 66.0 Å². The number of hydrogen-bond donors (Lipinski definition) is 1. The third kappa shape index (κ3) is 3.99. The molecule has 2 nitrogen and oxygen atoms in total. The van der Waals surface area contributed by atoms with E-state index in [1.807, 2.05) is 37.3 Å². The molecule has 1 N–H and O–H groups in total. The van der Waals surface area contributed by atoms with Crippen LogP contribution in [-0.4, -0.2) is 16.5 Å². The topological polar surface area (TPSA) is 29.1 Å². The minimum absolute atomic E-state index is 0.00491. The molecule has 0 amide bonds. The summed E-state index contributed by atoms with van der Waals surface area (Å²) in [6, 6.07) is 15.9. The second-order valence-corrected chi connectivity index (χ2v) is 5.99. The molecule has 2 unspecified atom stereocenters. The van der Waals surface area contributed by atoms with E-state index in [-0.39, 0.29) is 11.9 Å². The Morgan fingerprint density at radius 1 is 1.15 bits per heavy atom. The van der Waals surface area contributed by atoms with Gasteiger partial charge in [-0.05, 0) is 30.3 Å². The van der Waals surface area contributed by atoms with E-state index >= 15 is 0 Å². The molecule has 2 aromatic carbocycles. The summed E-state index contributed by atoms with van der Waals surface area (Å²) in [6.45, 7) is 2.81. The molecule has 2 rings (SSSR count). The molecule has 0 radical (unpaired) electrons. The van der Waals surface area contributed by atoms with Gasteiger partial charge in [-0.3, -0.25) is 4.21 Å². The summed E-state index contributed by atoms with van der Waals surface area (Å²) < 4.78 is 25.5. The maximum absolute atomic E-state index is 13.2. The van der Waals surface area contributed by atoms with Gasteiger partial charge in [0.1, 0.15) is 5.82 Å². The first-order chi connectivity index (χ1) is 9.70. The van der Waals surface area contributed by atoms with Crippen molar-refractivity contribution in [3.63, 3.8) is 0 Å². The molecule has 20 heavy (non-hydrogen) atoms. The monoisotopic (exact) mass is 291 g/mol. The Bertz CT molecular complexity index is 574. The number of halogens is 1. The number of nitrogens with one attached hydrogen (secondary N) is 1. The summed E-state index contributed by atoms with van der Waals surface area (Å²) in [6.07, 6.45) is 0. The molecular formula is C16H18FNOS. The number of rotatable bonds is 6. The molecule has 0 aromatic heterocycles. The maximum Gasteiger partial charge on any atom is 0.124 e. The predicted octanol–water partition coefficient (Wildman–Crippen LogP) is 3.28. The minimum Gasteiger partial charge on any atom is -0.309 e. The first-order valence-corrected chi connectivity index (χ1v) is 7.95. The highest BCUT2D eigenvalue weighted by Crippen LogP contribution is 2.17. The summed E-state index contributed by atoms with van der Waals surface area (Å²) in [5.74, 6) is 0.0805. The zero-order valence-electron chi connectivity index (χ0n) is 11.4. The SMILES string of the molecule is CCNC(CS(=O)c1cccc(F)c1)c1ccccc1. The van der Waals surface area contributed by atoms with Crippen molar-refractivity contribution in [2.24, 2.45) is 0 Å². The van der Waals surface area contributed by atoms with E-state index in [4.69, 9.17) is 0 Å². The van der Waals surface area contributed by atoms with Crippen LogP contribution in [0.4, 0.5) is 4.39 Å². The molecule has 0 aliphatic carbocycles. The van der Waals surface area contributed by atoms with Gasteiger partial charge >= 0.3 is 0 Å². The molecule has 0 spiro atoms. The van der Waals surface area contributed by atoms with Crippen LogP contribution in [0.15, 0.2) is 59.5 Å². The Morgan fingerprint density at radius 2 is 1.90 bits per heavy atom. The van der Waals surface area contributed by atoms with Gasteiger partial charge in [-0.2, -0.15) is 0 Å². The second kappa shape index (κ2) is 7.31. The Morgan fingerprint density at radius 3 is 2.55 bits per heavy atom. The van der Waals surface area contributed by atoms with Crippen molar-refractivity contribution in [3.8, 4) is 0 Å². The summed E-state index contributed by atoms with van der Waals surface area (Å²) in [5.41, 5.74) is 1.10. The maximum atomic E-state index is 13.2. The van der Waals surface area contributed by atoms with Gasteiger partial charge in [0, 0.05) is 16.7 Å². The van der Waals surface area contributed by atoms with Crippen LogP contribution in [-0.2, 0) is 10.8 Å². The first-order valence-electron chi connectivity index (χ1n) is 6.63. The van der Waals surface area contributed by atoms with Crippen LogP contribution in [0.2, 0.25) is 0 Å². The van der Waals surface area contributed by atoms with E-state index in [0.717, 1.165) is 12.1 Å². The van der Waals surface area contributed by atoms with Gasteiger partial charge in [-0.1, -0.05) is 43.3 Å². The average Bonchev–Trinajstić information content (AvgIpc) is 2.47. The lowest BCUT2D eigenvalue weighted by atomic mass is 10.1. The lowest BCUT2D eigenvalue weighted by molar-refractivity contribution is 0.593. The van der Waals surface area contributed by atoms with Crippen LogP contribution in [0.25, 0.3) is 0 Å². The van der Waals surface area contributed by atoms with E-state index in [2.05, 4.69) is 5.32 Å². The summed E-state index contributed by atoms with van der Waals surface area (Å²) in [7, 11) is -1.23. The normalized spacial score (nSPS) is 13.9. The molecule has 0 bridgehead atoms. The molecule has 0 aliphatic heterocycles. The highest BCUT2D eigenvalue weighted by Gasteiger charge is 2.15. The largest absolute Gasteiger partial charge is 0.309 e. The van der Waals surface area contributed by atoms with Gasteiger partial charge in [-0.25, -0.2) is 4.39 Å². The molecule has 2 atom stereocenters. The average molecular weight is 291 g/mol. The first kappa shape index (κ1) is 14.9. The van der Waals surface area contributed by atoms with Crippen LogP contribution in [0, 0.1) is 5.82 Å². The molecule has 106 valence electrons. The van der Waals surface area contributed by atoms with Crippen molar-refractivity contribution in [1.82, 2.24) is 5.32 Å². The van der Waals surface area contributed by atoms with Gasteiger partial charge in [0.25, 0.3) is 0 Å². The van der Waals surface area contributed by atoms with Crippen LogP contribution >= 0.6 is 0 Å². The molecule has 0 saturated carbocycles. The molecular weight excluding hydrogens is 273 g/mol. The van der Waals surface area contributed by atoms with Gasteiger partial charge in [0.05, 0.1) is 10.8 Å². The van der Waals surface area contributed by atoms with E-state index in [1.165, 1.54) is 12.1 Å². The summed E-state index contributed by atoms with van der Waals surface area (Å²) >= 11 is 0. The Labute approximate surface area is 121 Å². The Kier molecular flexibility index (Phi) is 5.44. The lowest BCUT2D eigenvalue weighted by Gasteiger charge is -2.18. The van der Waals surface area contributed by atoms with Gasteiger partial charge in [0.15, 0.2) is 0 Å². The smallest absolute Gasteiger partial charge is 0.124 e. The van der Waals surface area contributed by atoms with Gasteiger partial charge < -0.3 is 5.32 Å². The fourth-order valence-electron chi connectivity index (χ4n) is 2.06. The van der Waals surface area contributed by atoms with Crippen molar-refractivity contribution in [1.29, 1.82) is 0 Å². The van der Waals surface area contributed by atoms with Crippen LogP contribution in [0.3, 0.4) is 0 Å². The highest BCUT2D eigenvalue weighted by atomic mass is 32.2. The third-order valence-electron chi connectivity index (χ3n) is 3.03. The van der Waals surface area contributed by atoms with E-state index in [1.54, 1.807) is 12.1 Å². The van der Waals surface area contributed by atoms with Crippen molar-refractivity contribution < 1.29 is 8.60 Å². The van der Waals surface area contributed by atoms with E-state index in [9.17, 15) is 8.60 Å². The predicted molar refractivity (Wildman–Crippen MR) is 80.5 cm³/mol. The summed E-state index contributed by atoms with van der Waals surface area (Å²) in [4.78, 5) is 0.531. The second-order valence-electron chi connectivity index (χ2n) is 4.49. The highest BCUT2D eigenvalue weighted by molar-refractivity contribution is 7.85. The molecule has 4 heteroatoms. The summed E-state index contributed by atoms with van der Waals surface area (Å²) in [5, 5.41) is 3.33. The quantitative estimate of drug-likeness (QED) is 0.885. The molecule has 0 saturated heterocycles. The van der Waals surface area contributed by atoms with E-state index in [0.29, 0.717) is 10.6 Å². The lowest BCUT2D eigenvalue weighted by Crippen LogP contribution is -2.26. The molecule has 0 aliphatic rings. The molecule has 0 heterocycles. The molecule has 2 aromatic rings. The van der Waals surface area contributed by atoms with Gasteiger partial charge in [0.2, 0.25) is 0 Å². The minimum atomic E-state index is -1.23. The zero-order chi connectivity index (χ0) is 14.4. The van der Waals surface area contributed by atoms with Crippen molar-refractivity contribution >= 4 is 10.8 Å². The van der Waals surface area contributed by atoms with Crippen LogP contribution in [0.1, 0.15) is 18.5 Å². The zero-order valence-corrected chi connectivity index (χ0v) is 12.2. The van der Waals surface area contributed by atoms with Crippen molar-refractivity contribution in [2.75, 3.05) is 12.3 Å². The van der Waals surface area contributed by atoms with Crippen LogP contribution < -0.4 is 5.32 Å². The fourth-order valence-corrected chi connectivity index (χ4v) is 3.34. The van der Waals surface area contributed by atoms with Crippen molar-refractivity contribution in [2.45, 2.75) is 17.9 Å². The number of hydrogen-bond acceptors (Lipinski definition) is 2. The Hall–Kier alpha value is -1.52. The third-order valence-corrected chi connectivity index (χ3v) is 4.45. The Balaban J connectivity index is 2.14. The standard InChI is InChI=1S/C16H18FNOS/c1-2-18-16(13-7-4-3-5-8-13)12-20(19)15-10-6-9-14(17)11-15/h3-11,16,18H,2,12H2,1H3. The van der Waals surface area contributed by atoms with Gasteiger partial charge in [-0.15, -0.1) is 0 Å². The molecule has 0 fully saturated rings. The van der Waals surface area contributed by atoms with E-state index < -0.39 is 10.8 Å².